The molecule has 2 nitrogen and oxygen atoms in total. The second-order valence-electron chi connectivity index (χ2n) is 2.11. The molecule has 0 aliphatic carbocycles. The Balaban J connectivity index is -0.000000157. The van der Waals surface area contributed by atoms with E-state index in [1.54, 1.807) is 0 Å². The summed E-state index contributed by atoms with van der Waals surface area (Å²) in [4.78, 5) is 0. The Kier molecular flexibility index (Phi) is 30.5. The number of hydrogen-bond acceptors (Lipinski definition) is 2. The smallest absolute Gasteiger partial charge is 0.753 e. The van der Waals surface area contributed by atoms with E-state index in [1.165, 1.54) is 10.3 Å². The summed E-state index contributed by atoms with van der Waals surface area (Å²) in [5, 5.41) is 16.9. The van der Waals surface area contributed by atoms with Crippen molar-refractivity contribution in [3.8, 4) is 0 Å². The molecule has 0 aliphatic rings. The molecular formula is C12H10N2S2Ti. The SMILES string of the molecule is [N-]=C=S.[N-]=C=S.[Ti+4].c1cc[cH-]c1.c1cc[cH-]c1. The summed E-state index contributed by atoms with van der Waals surface area (Å²) < 4.78 is 0. The van der Waals surface area contributed by atoms with Gasteiger partial charge in [-0.1, -0.05) is 24.4 Å². The van der Waals surface area contributed by atoms with E-state index in [0.717, 1.165) is 0 Å². The number of thiocarbonyl (C=S) groups is 2. The van der Waals surface area contributed by atoms with Gasteiger partial charge in [-0.15, -0.1) is 0 Å². The predicted octanol–water partition coefficient (Wildman–Crippen LogP) is 4.13. The molecule has 84 valence electrons. The number of hydrogen-bond donors (Lipinski definition) is 0. The molecule has 2 aromatic rings. The van der Waals surface area contributed by atoms with Crippen molar-refractivity contribution in [3.05, 3.63) is 71.5 Å². The molecule has 0 aromatic heterocycles. The Labute approximate surface area is 127 Å². The van der Waals surface area contributed by atoms with Gasteiger partial charge in [-0.3, -0.25) is 0 Å². The topological polar surface area (TPSA) is 44.6 Å². The molecule has 0 amide bonds. The van der Waals surface area contributed by atoms with Gasteiger partial charge >= 0.3 is 21.7 Å². The summed E-state index contributed by atoms with van der Waals surface area (Å²) in [5.41, 5.74) is 0. The van der Waals surface area contributed by atoms with E-state index in [4.69, 9.17) is 10.8 Å². The maximum atomic E-state index is 7.13. The van der Waals surface area contributed by atoms with Crippen LogP contribution >= 0.6 is 24.4 Å². The van der Waals surface area contributed by atoms with Gasteiger partial charge in [0.2, 0.25) is 0 Å². The Hall–Kier alpha value is -0.986. The van der Waals surface area contributed by atoms with Crippen molar-refractivity contribution in [1.82, 2.24) is 0 Å². The van der Waals surface area contributed by atoms with E-state index >= 15 is 0 Å². The van der Waals surface area contributed by atoms with Gasteiger partial charge in [0.15, 0.2) is 0 Å². The monoisotopic (exact) mass is 294 g/mol. The zero-order chi connectivity index (χ0) is 12.5. The summed E-state index contributed by atoms with van der Waals surface area (Å²) in [5.74, 6) is 0. The zero-order valence-corrected chi connectivity index (χ0v) is 12.2. The second kappa shape index (κ2) is 24.3. The first-order valence-corrected chi connectivity index (χ1v) is 5.01. The van der Waals surface area contributed by atoms with Gasteiger partial charge < -0.3 is 10.8 Å². The van der Waals surface area contributed by atoms with Crippen LogP contribution in [-0.2, 0) is 21.7 Å². The van der Waals surface area contributed by atoms with Gasteiger partial charge in [-0.05, 0) is 0 Å². The van der Waals surface area contributed by atoms with Gasteiger partial charge in [-0.2, -0.15) is 46.7 Å². The molecule has 0 aliphatic heterocycles. The molecule has 0 N–H and O–H groups in total. The first kappa shape index (κ1) is 21.3. The van der Waals surface area contributed by atoms with Crippen molar-refractivity contribution in [2.45, 2.75) is 0 Å². The van der Waals surface area contributed by atoms with Gasteiger partial charge in [0, 0.05) is 0 Å². The summed E-state index contributed by atoms with van der Waals surface area (Å²) in [6, 6.07) is 20.0. The fraction of sp³-hybridized carbons (Fsp3) is 0. The van der Waals surface area contributed by atoms with E-state index in [0.29, 0.717) is 0 Å². The minimum Gasteiger partial charge on any atom is -0.753 e. The molecule has 0 radical (unpaired) electrons. The first-order valence-electron chi connectivity index (χ1n) is 4.19. The molecule has 2 aromatic carbocycles. The predicted molar refractivity (Wildman–Crippen MR) is 76.0 cm³/mol. The minimum absolute atomic E-state index is 0. The maximum absolute atomic E-state index is 7.13. The molecule has 5 heteroatoms. The standard InChI is InChI=1S/2C5H5.2CNS.Ti/c2*1-2-4-5-3-1;2*2-1-3;/h2*1-5H;;;/q4*-1;+4. The van der Waals surface area contributed by atoms with Crippen molar-refractivity contribution in [3.63, 3.8) is 0 Å². The number of isothiocyanates is 2. The molecule has 2 rings (SSSR count). The Morgan fingerprint density at radius 1 is 0.706 bits per heavy atom. The van der Waals surface area contributed by atoms with Crippen LogP contribution in [0.1, 0.15) is 0 Å². The van der Waals surface area contributed by atoms with E-state index < -0.39 is 0 Å². The van der Waals surface area contributed by atoms with Crippen LogP contribution in [0.3, 0.4) is 0 Å². The minimum atomic E-state index is 0. The van der Waals surface area contributed by atoms with Crippen LogP contribution in [0.5, 0.6) is 0 Å². The number of rotatable bonds is 0. The molecule has 0 fully saturated rings. The van der Waals surface area contributed by atoms with Crippen LogP contribution in [0.2, 0.25) is 0 Å². The fourth-order valence-corrected chi connectivity index (χ4v) is 0.642. The van der Waals surface area contributed by atoms with Gasteiger partial charge in [0.05, 0.1) is 0 Å². The average molecular weight is 294 g/mol. The van der Waals surface area contributed by atoms with Crippen molar-refractivity contribution in [2.75, 3.05) is 0 Å². The largest absolute Gasteiger partial charge is 4.00 e. The van der Waals surface area contributed by atoms with E-state index in [1.807, 2.05) is 60.7 Å². The van der Waals surface area contributed by atoms with Gasteiger partial charge in [0.25, 0.3) is 0 Å². The molecular weight excluding hydrogens is 284 g/mol. The average Bonchev–Trinajstić information content (AvgIpc) is 3.00. The maximum Gasteiger partial charge on any atom is 4.00 e. The van der Waals surface area contributed by atoms with Crippen LogP contribution in [0, 0.1) is 0 Å². The molecule has 0 unspecified atom stereocenters. The van der Waals surface area contributed by atoms with Crippen LogP contribution in [0.15, 0.2) is 60.7 Å². The van der Waals surface area contributed by atoms with Crippen LogP contribution in [-0.4, -0.2) is 10.3 Å². The molecule has 17 heavy (non-hydrogen) atoms. The normalized spacial score (nSPS) is 5.65. The zero-order valence-electron chi connectivity index (χ0n) is 8.98. The van der Waals surface area contributed by atoms with Crippen molar-refractivity contribution in [1.29, 1.82) is 0 Å². The number of nitrogens with zero attached hydrogens (tertiary/aromatic N) is 2. The van der Waals surface area contributed by atoms with Crippen molar-refractivity contribution >= 4 is 34.8 Å². The molecule has 0 heterocycles. The summed E-state index contributed by atoms with van der Waals surface area (Å²) in [7, 11) is 0. The van der Waals surface area contributed by atoms with Crippen LogP contribution < -0.4 is 0 Å². The van der Waals surface area contributed by atoms with Crippen LogP contribution in [0.4, 0.5) is 0 Å². The third-order valence-electron chi connectivity index (χ3n) is 1.11. The fourth-order valence-electron chi connectivity index (χ4n) is 0.642. The summed E-state index contributed by atoms with van der Waals surface area (Å²) in [6.45, 7) is 0. The molecule has 0 saturated carbocycles. The van der Waals surface area contributed by atoms with Crippen molar-refractivity contribution in [2.24, 2.45) is 0 Å². The van der Waals surface area contributed by atoms with Gasteiger partial charge in [0.1, 0.15) is 0 Å². The summed E-state index contributed by atoms with van der Waals surface area (Å²) in [6.07, 6.45) is 0. The molecule has 0 bridgehead atoms. The Bertz CT molecular complexity index is 284. The molecule has 0 atom stereocenters. The van der Waals surface area contributed by atoms with Crippen LogP contribution in [0.25, 0.3) is 10.8 Å². The third-order valence-corrected chi connectivity index (χ3v) is 1.11. The first-order chi connectivity index (χ1) is 7.83. The quantitative estimate of drug-likeness (QED) is 0.317. The summed E-state index contributed by atoms with van der Waals surface area (Å²) >= 11 is 7.40. The van der Waals surface area contributed by atoms with Gasteiger partial charge in [-0.25, -0.2) is 24.3 Å². The Morgan fingerprint density at radius 3 is 0.941 bits per heavy atom. The second-order valence-corrected chi connectivity index (χ2v) is 2.47. The van der Waals surface area contributed by atoms with E-state index in [9.17, 15) is 0 Å². The van der Waals surface area contributed by atoms with E-state index in [-0.39, 0.29) is 21.7 Å². The van der Waals surface area contributed by atoms with E-state index in [2.05, 4.69) is 24.4 Å². The molecule has 0 saturated heterocycles. The molecule has 0 spiro atoms. The van der Waals surface area contributed by atoms with Crippen molar-refractivity contribution < 1.29 is 21.7 Å². The Morgan fingerprint density at radius 2 is 0.882 bits per heavy atom. The third kappa shape index (κ3) is 31.3.